The molecule has 2 aromatic heterocycles. The summed E-state index contributed by atoms with van der Waals surface area (Å²) in [5, 5.41) is 9.19. The van der Waals surface area contributed by atoms with Crippen LogP contribution in [0.2, 0.25) is 0 Å². The van der Waals surface area contributed by atoms with Crippen molar-refractivity contribution in [2.75, 3.05) is 19.8 Å². The Bertz CT molecular complexity index is 935. The van der Waals surface area contributed by atoms with Gasteiger partial charge >= 0.3 is 12.6 Å². The van der Waals surface area contributed by atoms with E-state index in [2.05, 4.69) is 20.5 Å². The molecule has 4 heterocycles. The third kappa shape index (κ3) is 4.12. The number of alkyl halides is 5. The van der Waals surface area contributed by atoms with Crippen LogP contribution in [0.1, 0.15) is 34.8 Å². The molecule has 2 aromatic rings. The molecule has 0 radical (unpaired) electrons. The topological polar surface area (TPSA) is 93.4 Å². The van der Waals surface area contributed by atoms with E-state index >= 15 is 0 Å². The van der Waals surface area contributed by atoms with Crippen molar-refractivity contribution in [1.29, 1.82) is 0 Å². The van der Waals surface area contributed by atoms with Gasteiger partial charge in [0.05, 0.1) is 48.6 Å². The van der Waals surface area contributed by atoms with E-state index in [0.717, 1.165) is 0 Å². The number of ether oxygens (including phenoxy) is 1. The van der Waals surface area contributed by atoms with E-state index in [1.54, 1.807) is 0 Å². The largest absolute Gasteiger partial charge is 0.415 e. The standard InChI is InChI=1S/C17H16F5N5O3/c18-13(19)15-26-25-14(30-15)8-3-9-10(23-4-8)5-27(16(9)28)12-1-2-29-6-11(12)24-7-17(20,21)22/h3-4,11-13,24H,1-2,5-7H2/t11-,12-/m1/s1. The van der Waals surface area contributed by atoms with Crippen LogP contribution in [0.3, 0.4) is 0 Å². The van der Waals surface area contributed by atoms with Crippen LogP contribution in [0.5, 0.6) is 0 Å². The molecule has 0 spiro atoms. The first kappa shape index (κ1) is 20.6. The van der Waals surface area contributed by atoms with Crippen molar-refractivity contribution >= 4 is 5.91 Å². The smallest absolute Gasteiger partial charge is 0.401 e. The number of halogens is 5. The monoisotopic (exact) mass is 433 g/mol. The highest BCUT2D eigenvalue weighted by molar-refractivity contribution is 5.99. The Balaban J connectivity index is 1.54. The van der Waals surface area contributed by atoms with Crippen LogP contribution in [0.25, 0.3) is 11.5 Å². The average molecular weight is 433 g/mol. The van der Waals surface area contributed by atoms with Crippen molar-refractivity contribution in [3.8, 4) is 11.5 Å². The molecule has 2 aliphatic rings. The summed E-state index contributed by atoms with van der Waals surface area (Å²) in [7, 11) is 0. The van der Waals surface area contributed by atoms with Gasteiger partial charge in [-0.25, -0.2) is 0 Å². The van der Waals surface area contributed by atoms with E-state index in [-0.39, 0.29) is 30.2 Å². The number of nitrogens with one attached hydrogen (secondary N) is 1. The second kappa shape index (κ2) is 7.87. The highest BCUT2D eigenvalue weighted by Crippen LogP contribution is 2.31. The molecular formula is C17H16F5N5O3. The van der Waals surface area contributed by atoms with Crippen LogP contribution >= 0.6 is 0 Å². The molecule has 1 saturated heterocycles. The number of carbonyl (C=O) groups excluding carboxylic acids is 1. The van der Waals surface area contributed by atoms with Crippen molar-refractivity contribution in [2.24, 2.45) is 0 Å². The lowest BCUT2D eigenvalue weighted by Crippen LogP contribution is -2.56. The Kier molecular flexibility index (Phi) is 5.40. The SMILES string of the molecule is O=C1c2cc(-c3nnc(C(F)F)o3)cnc2CN1[C@@H]1CCOC[C@H]1NCC(F)(F)F. The zero-order valence-corrected chi connectivity index (χ0v) is 15.3. The summed E-state index contributed by atoms with van der Waals surface area (Å²) in [6, 6.07) is 0.202. The molecule has 0 aliphatic carbocycles. The third-order valence-corrected chi connectivity index (χ3v) is 4.94. The van der Waals surface area contributed by atoms with Gasteiger partial charge in [0.1, 0.15) is 0 Å². The van der Waals surface area contributed by atoms with E-state index in [0.29, 0.717) is 18.7 Å². The van der Waals surface area contributed by atoms with Crippen LogP contribution < -0.4 is 5.32 Å². The summed E-state index contributed by atoms with van der Waals surface area (Å²) in [4.78, 5) is 18.6. The number of fused-ring (bicyclic) bond motifs is 1. The minimum Gasteiger partial charge on any atom is -0.415 e. The molecule has 2 aliphatic heterocycles. The molecule has 0 aromatic carbocycles. The molecule has 4 rings (SSSR count). The first-order valence-corrected chi connectivity index (χ1v) is 9.02. The molecular weight excluding hydrogens is 417 g/mol. The minimum atomic E-state index is -4.39. The number of pyridine rings is 1. The van der Waals surface area contributed by atoms with Gasteiger partial charge in [0.25, 0.3) is 11.8 Å². The molecule has 0 unspecified atom stereocenters. The predicted octanol–water partition coefficient (Wildman–Crippen LogP) is 2.33. The zero-order valence-electron chi connectivity index (χ0n) is 15.3. The van der Waals surface area contributed by atoms with Crippen molar-refractivity contribution < 1.29 is 35.9 Å². The third-order valence-electron chi connectivity index (χ3n) is 4.94. The maximum absolute atomic E-state index is 12.9. The van der Waals surface area contributed by atoms with E-state index in [1.165, 1.54) is 17.2 Å². The van der Waals surface area contributed by atoms with Gasteiger partial charge in [-0.2, -0.15) is 22.0 Å². The molecule has 30 heavy (non-hydrogen) atoms. The number of rotatable bonds is 5. The van der Waals surface area contributed by atoms with Crippen molar-refractivity contribution in [1.82, 2.24) is 25.4 Å². The van der Waals surface area contributed by atoms with Crippen LogP contribution in [-0.2, 0) is 11.3 Å². The van der Waals surface area contributed by atoms with Gasteiger partial charge in [0.15, 0.2) is 0 Å². The number of hydrogen-bond acceptors (Lipinski definition) is 7. The number of aromatic nitrogens is 3. The van der Waals surface area contributed by atoms with E-state index in [4.69, 9.17) is 9.15 Å². The van der Waals surface area contributed by atoms with Crippen LogP contribution in [-0.4, -0.2) is 64.0 Å². The molecule has 1 N–H and O–H groups in total. The zero-order chi connectivity index (χ0) is 21.5. The number of hydrogen-bond donors (Lipinski definition) is 1. The minimum absolute atomic E-state index is 0.0396. The first-order valence-electron chi connectivity index (χ1n) is 9.02. The van der Waals surface area contributed by atoms with Gasteiger partial charge in [-0.1, -0.05) is 0 Å². The van der Waals surface area contributed by atoms with E-state index in [9.17, 15) is 26.7 Å². The predicted molar refractivity (Wildman–Crippen MR) is 89.4 cm³/mol. The first-order chi connectivity index (χ1) is 14.2. The van der Waals surface area contributed by atoms with Crippen LogP contribution in [0, 0.1) is 0 Å². The van der Waals surface area contributed by atoms with Gasteiger partial charge in [-0.3, -0.25) is 9.78 Å². The van der Waals surface area contributed by atoms with Gasteiger partial charge in [-0.15, -0.1) is 10.2 Å². The Morgan fingerprint density at radius 1 is 1.30 bits per heavy atom. The van der Waals surface area contributed by atoms with Crippen LogP contribution in [0.15, 0.2) is 16.7 Å². The fourth-order valence-electron chi connectivity index (χ4n) is 3.56. The highest BCUT2D eigenvalue weighted by Gasteiger charge is 2.40. The second-order valence-electron chi connectivity index (χ2n) is 6.93. The van der Waals surface area contributed by atoms with E-state index < -0.39 is 43.0 Å². The lowest BCUT2D eigenvalue weighted by Gasteiger charge is -2.38. The Labute approximate surface area is 166 Å². The molecule has 8 nitrogen and oxygen atoms in total. The Morgan fingerprint density at radius 2 is 2.10 bits per heavy atom. The maximum atomic E-state index is 12.9. The van der Waals surface area contributed by atoms with Crippen molar-refractivity contribution in [3.05, 3.63) is 29.4 Å². The molecule has 2 atom stereocenters. The molecule has 1 fully saturated rings. The Morgan fingerprint density at radius 3 is 2.80 bits per heavy atom. The molecule has 162 valence electrons. The number of carbonyl (C=O) groups is 1. The normalized spacial score (nSPS) is 22.1. The van der Waals surface area contributed by atoms with Gasteiger partial charge in [0.2, 0.25) is 5.89 Å². The fraction of sp³-hybridized carbons (Fsp3) is 0.529. The van der Waals surface area contributed by atoms with Gasteiger partial charge in [0, 0.05) is 12.8 Å². The summed E-state index contributed by atoms with van der Waals surface area (Å²) in [6.07, 6.45) is -5.64. The van der Waals surface area contributed by atoms with Crippen molar-refractivity contribution in [2.45, 2.75) is 37.7 Å². The lowest BCUT2D eigenvalue weighted by atomic mass is 10.0. The van der Waals surface area contributed by atoms with Gasteiger partial charge in [-0.05, 0) is 12.5 Å². The van der Waals surface area contributed by atoms with Crippen molar-refractivity contribution in [3.63, 3.8) is 0 Å². The van der Waals surface area contributed by atoms with Gasteiger partial charge < -0.3 is 19.4 Å². The number of nitrogens with zero attached hydrogens (tertiary/aromatic N) is 4. The number of amides is 1. The summed E-state index contributed by atoms with van der Waals surface area (Å²) < 4.78 is 73.3. The second-order valence-corrected chi connectivity index (χ2v) is 6.93. The van der Waals surface area contributed by atoms with E-state index in [1.807, 2.05) is 0 Å². The quantitative estimate of drug-likeness (QED) is 0.724. The molecule has 0 bridgehead atoms. The highest BCUT2D eigenvalue weighted by atomic mass is 19.4. The summed E-state index contributed by atoms with van der Waals surface area (Å²) >= 11 is 0. The fourth-order valence-corrected chi connectivity index (χ4v) is 3.56. The maximum Gasteiger partial charge on any atom is 0.401 e. The average Bonchev–Trinajstić information content (AvgIpc) is 3.31. The summed E-state index contributed by atoms with van der Waals surface area (Å²) in [5.74, 6) is -1.47. The summed E-state index contributed by atoms with van der Waals surface area (Å²) in [5.41, 5.74) is 0.839. The van der Waals surface area contributed by atoms with Crippen LogP contribution in [0.4, 0.5) is 22.0 Å². The molecule has 13 heteroatoms. The summed E-state index contributed by atoms with van der Waals surface area (Å²) in [6.45, 7) is -0.724. The Hall–Kier alpha value is -2.67. The molecule has 0 saturated carbocycles. The lowest BCUT2D eigenvalue weighted by molar-refractivity contribution is -0.129. The molecule has 1 amide bonds.